The molecule has 0 saturated carbocycles. The second-order valence-electron chi connectivity index (χ2n) is 5.42. The average molecular weight is 380 g/mol. The number of benzene rings is 2. The predicted molar refractivity (Wildman–Crippen MR) is 101 cm³/mol. The van der Waals surface area contributed by atoms with E-state index in [1.807, 2.05) is 13.8 Å². The normalized spacial score (nSPS) is 11.5. The van der Waals surface area contributed by atoms with Gasteiger partial charge in [0.1, 0.15) is 0 Å². The molecule has 0 fully saturated rings. The maximum absolute atomic E-state index is 12.1. The summed E-state index contributed by atoms with van der Waals surface area (Å²) >= 11 is 12.0. The number of carbonyl (C=O) groups is 2. The molecule has 0 bridgehead atoms. The molecule has 0 aromatic heterocycles. The zero-order valence-corrected chi connectivity index (χ0v) is 15.4. The van der Waals surface area contributed by atoms with Crippen LogP contribution in [0.15, 0.2) is 42.5 Å². The molecular formula is C18H19Cl2N3O2. The first kappa shape index (κ1) is 19.1. The summed E-state index contributed by atoms with van der Waals surface area (Å²) in [6.45, 7) is 4.24. The highest BCUT2D eigenvalue weighted by molar-refractivity contribution is 6.35. The minimum atomic E-state index is -0.371. The van der Waals surface area contributed by atoms with Crippen molar-refractivity contribution in [2.45, 2.75) is 19.9 Å². The fraction of sp³-hybridized carbons (Fsp3) is 0.222. The van der Waals surface area contributed by atoms with E-state index in [2.05, 4.69) is 16.0 Å². The highest BCUT2D eigenvalue weighted by atomic mass is 35.5. The van der Waals surface area contributed by atoms with Crippen LogP contribution >= 0.6 is 23.2 Å². The van der Waals surface area contributed by atoms with Crippen molar-refractivity contribution >= 4 is 40.8 Å². The molecule has 2 aromatic rings. The summed E-state index contributed by atoms with van der Waals surface area (Å²) in [5.41, 5.74) is 1.89. The number of halogens is 2. The second kappa shape index (κ2) is 8.74. The molecule has 25 heavy (non-hydrogen) atoms. The molecule has 3 N–H and O–H groups in total. The Morgan fingerprint density at radius 2 is 1.76 bits per heavy atom. The summed E-state index contributed by atoms with van der Waals surface area (Å²) in [7, 11) is 0. The second-order valence-corrected chi connectivity index (χ2v) is 6.27. The van der Waals surface area contributed by atoms with Gasteiger partial charge in [-0.1, -0.05) is 29.3 Å². The molecule has 0 aliphatic heterocycles. The molecule has 3 amide bonds. The van der Waals surface area contributed by atoms with Gasteiger partial charge in [-0.2, -0.15) is 0 Å². The molecule has 2 aromatic carbocycles. The Hall–Kier alpha value is -2.24. The van der Waals surface area contributed by atoms with Gasteiger partial charge in [0.25, 0.3) is 5.91 Å². The summed E-state index contributed by atoms with van der Waals surface area (Å²) in [4.78, 5) is 23.8. The Morgan fingerprint density at radius 3 is 2.36 bits per heavy atom. The lowest BCUT2D eigenvalue weighted by Gasteiger charge is -2.16. The summed E-state index contributed by atoms with van der Waals surface area (Å²) in [6, 6.07) is 11.1. The lowest BCUT2D eigenvalue weighted by Crippen LogP contribution is -2.31. The van der Waals surface area contributed by atoms with Crippen molar-refractivity contribution in [2.24, 2.45) is 0 Å². The Bertz CT molecular complexity index is 763. The van der Waals surface area contributed by atoms with Gasteiger partial charge in [-0.05, 0) is 55.8 Å². The number of rotatable bonds is 5. The fourth-order valence-corrected chi connectivity index (χ4v) is 2.83. The van der Waals surface area contributed by atoms with Crippen LogP contribution < -0.4 is 16.0 Å². The van der Waals surface area contributed by atoms with Crippen LogP contribution in [-0.2, 0) is 0 Å². The molecule has 0 heterocycles. The molecule has 132 valence electrons. The van der Waals surface area contributed by atoms with Crippen LogP contribution in [0, 0.1) is 0 Å². The summed E-state index contributed by atoms with van der Waals surface area (Å²) < 4.78 is 0. The van der Waals surface area contributed by atoms with Crippen molar-refractivity contribution in [1.82, 2.24) is 10.6 Å². The van der Waals surface area contributed by atoms with Crippen molar-refractivity contribution < 1.29 is 9.59 Å². The molecule has 0 saturated heterocycles. The third-order valence-electron chi connectivity index (χ3n) is 3.52. The first-order valence-electron chi connectivity index (χ1n) is 7.81. The molecule has 0 aliphatic rings. The van der Waals surface area contributed by atoms with Gasteiger partial charge in [0.15, 0.2) is 0 Å². The molecule has 0 aliphatic carbocycles. The number of hydrogen-bond donors (Lipinski definition) is 3. The van der Waals surface area contributed by atoms with Crippen molar-refractivity contribution in [2.75, 3.05) is 11.9 Å². The van der Waals surface area contributed by atoms with E-state index in [1.165, 1.54) is 0 Å². The van der Waals surface area contributed by atoms with E-state index in [0.717, 1.165) is 5.56 Å². The van der Waals surface area contributed by atoms with Crippen molar-refractivity contribution in [3.8, 4) is 0 Å². The van der Waals surface area contributed by atoms with Gasteiger partial charge in [-0.15, -0.1) is 0 Å². The summed E-state index contributed by atoms with van der Waals surface area (Å²) in [5.74, 6) is -0.149. The van der Waals surface area contributed by atoms with Crippen LogP contribution in [0.25, 0.3) is 0 Å². The Labute approximate surface area is 156 Å². The molecule has 0 radical (unpaired) electrons. The van der Waals surface area contributed by atoms with Crippen LogP contribution in [0.4, 0.5) is 10.5 Å². The van der Waals surface area contributed by atoms with E-state index in [4.69, 9.17) is 23.2 Å². The van der Waals surface area contributed by atoms with Gasteiger partial charge in [0.2, 0.25) is 0 Å². The van der Waals surface area contributed by atoms with Gasteiger partial charge in [-0.25, -0.2) is 4.79 Å². The first-order chi connectivity index (χ1) is 11.9. The maximum atomic E-state index is 12.1. The molecule has 0 spiro atoms. The molecular weight excluding hydrogens is 361 g/mol. The zero-order chi connectivity index (χ0) is 18.4. The highest BCUT2D eigenvalue weighted by Gasteiger charge is 2.13. The Balaban J connectivity index is 1.96. The number of anilines is 1. The van der Waals surface area contributed by atoms with E-state index >= 15 is 0 Å². The number of nitrogens with one attached hydrogen (secondary N) is 3. The Morgan fingerprint density at radius 1 is 1.08 bits per heavy atom. The zero-order valence-electron chi connectivity index (χ0n) is 13.9. The standard InChI is InChI=1S/C18H19Cl2N3O2/c1-3-21-17(24)12-4-7-14(8-5-12)23-18(25)22-11(2)15-9-6-13(19)10-16(15)20/h4-11H,3H2,1-2H3,(H,21,24)(H2,22,23,25). The van der Waals surface area contributed by atoms with Gasteiger partial charge in [0, 0.05) is 27.8 Å². The van der Waals surface area contributed by atoms with E-state index in [1.54, 1.807) is 42.5 Å². The largest absolute Gasteiger partial charge is 0.352 e. The Kier molecular flexibility index (Phi) is 6.67. The van der Waals surface area contributed by atoms with Crippen LogP contribution in [0.1, 0.15) is 35.8 Å². The fourth-order valence-electron chi connectivity index (χ4n) is 2.26. The average Bonchev–Trinajstić information content (AvgIpc) is 2.55. The minimum absolute atomic E-state index is 0.149. The lowest BCUT2D eigenvalue weighted by atomic mass is 10.1. The molecule has 1 atom stereocenters. The number of urea groups is 1. The van der Waals surface area contributed by atoms with Crippen LogP contribution in [0.3, 0.4) is 0 Å². The first-order valence-corrected chi connectivity index (χ1v) is 8.57. The number of carbonyl (C=O) groups excluding carboxylic acids is 2. The van der Waals surface area contributed by atoms with Gasteiger partial charge < -0.3 is 16.0 Å². The van der Waals surface area contributed by atoms with E-state index < -0.39 is 0 Å². The van der Waals surface area contributed by atoms with Crippen molar-refractivity contribution in [1.29, 1.82) is 0 Å². The van der Waals surface area contributed by atoms with Crippen LogP contribution in [-0.4, -0.2) is 18.5 Å². The quantitative estimate of drug-likeness (QED) is 0.708. The van der Waals surface area contributed by atoms with Gasteiger partial charge in [-0.3, -0.25) is 4.79 Å². The van der Waals surface area contributed by atoms with E-state index in [0.29, 0.717) is 27.8 Å². The van der Waals surface area contributed by atoms with Crippen molar-refractivity contribution in [3.05, 3.63) is 63.6 Å². The molecule has 1 unspecified atom stereocenters. The van der Waals surface area contributed by atoms with Crippen molar-refractivity contribution in [3.63, 3.8) is 0 Å². The third kappa shape index (κ3) is 5.37. The monoisotopic (exact) mass is 379 g/mol. The topological polar surface area (TPSA) is 70.2 Å². The number of amides is 3. The molecule has 7 heteroatoms. The van der Waals surface area contributed by atoms with Crippen LogP contribution in [0.2, 0.25) is 10.0 Å². The highest BCUT2D eigenvalue weighted by Crippen LogP contribution is 2.26. The smallest absolute Gasteiger partial charge is 0.319 e. The summed E-state index contributed by atoms with van der Waals surface area (Å²) in [5, 5.41) is 9.27. The van der Waals surface area contributed by atoms with Crippen LogP contribution in [0.5, 0.6) is 0 Å². The lowest BCUT2D eigenvalue weighted by molar-refractivity contribution is 0.0956. The summed E-state index contributed by atoms with van der Waals surface area (Å²) in [6.07, 6.45) is 0. The molecule has 2 rings (SSSR count). The third-order valence-corrected chi connectivity index (χ3v) is 4.08. The molecule has 5 nitrogen and oxygen atoms in total. The van der Waals surface area contributed by atoms with Gasteiger partial charge >= 0.3 is 6.03 Å². The maximum Gasteiger partial charge on any atom is 0.319 e. The van der Waals surface area contributed by atoms with E-state index in [9.17, 15) is 9.59 Å². The minimum Gasteiger partial charge on any atom is -0.352 e. The predicted octanol–water partition coefficient (Wildman–Crippen LogP) is 4.63. The SMILES string of the molecule is CCNC(=O)c1ccc(NC(=O)NC(C)c2ccc(Cl)cc2Cl)cc1. The van der Waals surface area contributed by atoms with E-state index in [-0.39, 0.29) is 18.0 Å². The number of hydrogen-bond acceptors (Lipinski definition) is 2. The van der Waals surface area contributed by atoms with Gasteiger partial charge in [0.05, 0.1) is 6.04 Å².